The summed E-state index contributed by atoms with van der Waals surface area (Å²) in [7, 11) is 4.97. The molecule has 0 saturated heterocycles. The molecule has 0 aliphatic carbocycles. The minimum atomic E-state index is -0.0751. The maximum atomic E-state index is 13.4. The van der Waals surface area contributed by atoms with Gasteiger partial charge in [-0.2, -0.15) is 0 Å². The first-order valence-electron chi connectivity index (χ1n) is 12.9. The van der Waals surface area contributed by atoms with Crippen LogP contribution in [0.5, 0.6) is 28.7 Å². The fraction of sp³-hybridized carbons (Fsp3) is 0.367. The van der Waals surface area contributed by atoms with Crippen molar-refractivity contribution in [1.29, 1.82) is 0 Å². The van der Waals surface area contributed by atoms with Crippen LogP contribution in [0.4, 0.5) is 0 Å². The number of benzene rings is 3. The third-order valence-electron chi connectivity index (χ3n) is 7.90. The van der Waals surface area contributed by atoms with Gasteiger partial charge in [-0.05, 0) is 59.0 Å². The second kappa shape index (κ2) is 10.1. The Hall–Kier alpha value is -3.91. The van der Waals surface area contributed by atoms with Crippen molar-refractivity contribution in [2.45, 2.75) is 37.9 Å². The molecule has 3 aromatic rings. The van der Waals surface area contributed by atoms with Crippen LogP contribution in [0.25, 0.3) is 0 Å². The van der Waals surface area contributed by atoms with Gasteiger partial charge in [0.1, 0.15) is 5.75 Å². The van der Waals surface area contributed by atoms with E-state index in [1.165, 1.54) is 11.1 Å². The monoisotopic (exact) mass is 516 g/mol. The zero-order chi connectivity index (χ0) is 26.2. The minimum Gasteiger partial charge on any atom is -0.497 e. The Morgan fingerprint density at radius 1 is 0.974 bits per heavy atom. The Morgan fingerprint density at radius 2 is 1.76 bits per heavy atom. The Morgan fingerprint density at radius 3 is 2.50 bits per heavy atom. The van der Waals surface area contributed by atoms with Crippen LogP contribution in [0.3, 0.4) is 0 Å². The number of fused-ring (bicyclic) bond motifs is 5. The maximum absolute atomic E-state index is 13.4. The molecule has 3 aromatic carbocycles. The van der Waals surface area contributed by atoms with Crippen LogP contribution in [-0.2, 0) is 24.3 Å². The van der Waals surface area contributed by atoms with E-state index in [0.717, 1.165) is 59.2 Å². The van der Waals surface area contributed by atoms with Crippen LogP contribution < -0.4 is 29.0 Å². The average Bonchev–Trinajstić information content (AvgIpc) is 3.41. The summed E-state index contributed by atoms with van der Waals surface area (Å²) < 4.78 is 28.1. The molecule has 3 aliphatic rings. The molecule has 0 radical (unpaired) electrons. The lowest BCUT2D eigenvalue weighted by atomic mass is 9.74. The summed E-state index contributed by atoms with van der Waals surface area (Å²) in [5.41, 5.74) is 5.68. The highest BCUT2D eigenvalue weighted by Gasteiger charge is 2.42. The van der Waals surface area contributed by atoms with E-state index in [1.54, 1.807) is 21.3 Å². The molecule has 3 heterocycles. The van der Waals surface area contributed by atoms with Crippen LogP contribution in [0.2, 0.25) is 0 Å². The van der Waals surface area contributed by atoms with Crippen molar-refractivity contribution in [2.24, 2.45) is 0 Å². The molecular weight excluding hydrogens is 484 g/mol. The van der Waals surface area contributed by atoms with Crippen LogP contribution in [0.1, 0.15) is 46.2 Å². The van der Waals surface area contributed by atoms with Crippen LogP contribution in [0.15, 0.2) is 48.5 Å². The van der Waals surface area contributed by atoms with Gasteiger partial charge in [-0.25, -0.2) is 0 Å². The minimum absolute atomic E-state index is 0.00118. The number of rotatable bonds is 7. The van der Waals surface area contributed by atoms with Gasteiger partial charge in [0.25, 0.3) is 0 Å². The summed E-state index contributed by atoms with van der Waals surface area (Å²) in [6.07, 6.45) is 1.24. The van der Waals surface area contributed by atoms with E-state index in [9.17, 15) is 4.79 Å². The van der Waals surface area contributed by atoms with Gasteiger partial charge in [-0.1, -0.05) is 18.2 Å². The van der Waals surface area contributed by atoms with Crippen molar-refractivity contribution < 1.29 is 28.5 Å². The fourth-order valence-corrected chi connectivity index (χ4v) is 6.07. The van der Waals surface area contributed by atoms with Gasteiger partial charge in [-0.15, -0.1) is 0 Å². The van der Waals surface area contributed by atoms with Crippen molar-refractivity contribution >= 4 is 5.91 Å². The Balaban J connectivity index is 1.34. The van der Waals surface area contributed by atoms with Gasteiger partial charge < -0.3 is 29.0 Å². The standard InChI is InChI=1S/C30H32N2O6/c1-34-20-6-4-18(5-7-20)15-31-28(33)14-23-21-8-9-25(35-2)30(36-3)24(21)16-32-11-10-19-12-26-27(38-17-37-26)13-22(19)29(23)32/h4-9,12-13,23,29H,10-11,14-17H2,1-3H3,(H,31,33). The SMILES string of the molecule is COc1ccc(CNC(=O)CC2c3ccc(OC)c(OC)c3CN3CCc4cc5c(cc4C23)OCO5)cc1. The number of ether oxygens (including phenoxy) is 5. The van der Waals surface area contributed by atoms with Crippen molar-refractivity contribution in [3.05, 3.63) is 76.3 Å². The molecule has 198 valence electrons. The summed E-state index contributed by atoms with van der Waals surface area (Å²) in [5.74, 6) is 3.73. The predicted molar refractivity (Wildman–Crippen MR) is 141 cm³/mol. The molecule has 0 aromatic heterocycles. The molecule has 2 atom stereocenters. The lowest BCUT2D eigenvalue weighted by molar-refractivity contribution is -0.122. The first-order chi connectivity index (χ1) is 18.6. The first kappa shape index (κ1) is 24.4. The Bertz CT molecular complexity index is 1360. The van der Waals surface area contributed by atoms with Crippen molar-refractivity contribution in [2.75, 3.05) is 34.7 Å². The summed E-state index contributed by atoms with van der Waals surface area (Å²) in [6.45, 7) is 2.29. The molecule has 1 amide bonds. The largest absolute Gasteiger partial charge is 0.497 e. The van der Waals surface area contributed by atoms with E-state index in [1.807, 2.05) is 30.3 Å². The average molecular weight is 517 g/mol. The molecule has 8 heteroatoms. The number of hydrogen-bond donors (Lipinski definition) is 1. The molecular formula is C30H32N2O6. The van der Waals surface area contributed by atoms with Gasteiger partial charge in [-0.3, -0.25) is 9.69 Å². The van der Waals surface area contributed by atoms with Gasteiger partial charge >= 0.3 is 0 Å². The highest BCUT2D eigenvalue weighted by atomic mass is 16.7. The second-order valence-electron chi connectivity index (χ2n) is 9.87. The third-order valence-corrected chi connectivity index (χ3v) is 7.90. The number of amides is 1. The van der Waals surface area contributed by atoms with E-state index in [2.05, 4.69) is 28.4 Å². The van der Waals surface area contributed by atoms with E-state index in [0.29, 0.717) is 18.7 Å². The molecule has 0 saturated carbocycles. The number of hydrogen-bond acceptors (Lipinski definition) is 7. The summed E-state index contributed by atoms with van der Waals surface area (Å²) in [6, 6.07) is 16.0. The maximum Gasteiger partial charge on any atom is 0.231 e. The fourth-order valence-electron chi connectivity index (χ4n) is 6.07. The predicted octanol–water partition coefficient (Wildman–Crippen LogP) is 4.34. The second-order valence-corrected chi connectivity index (χ2v) is 9.87. The van der Waals surface area contributed by atoms with Gasteiger partial charge in [0, 0.05) is 43.6 Å². The number of nitrogens with one attached hydrogen (secondary N) is 1. The van der Waals surface area contributed by atoms with Crippen molar-refractivity contribution in [3.8, 4) is 28.7 Å². The van der Waals surface area contributed by atoms with Crippen molar-refractivity contribution in [3.63, 3.8) is 0 Å². The van der Waals surface area contributed by atoms with Crippen LogP contribution >= 0.6 is 0 Å². The molecule has 0 spiro atoms. The van der Waals surface area contributed by atoms with Crippen LogP contribution in [0, 0.1) is 0 Å². The Kier molecular flexibility index (Phi) is 6.49. The normalized spacial score (nSPS) is 19.1. The van der Waals surface area contributed by atoms with Gasteiger partial charge in [0.05, 0.1) is 21.3 Å². The van der Waals surface area contributed by atoms with Gasteiger partial charge in [0.15, 0.2) is 23.0 Å². The molecule has 6 rings (SSSR count). The van der Waals surface area contributed by atoms with E-state index in [4.69, 9.17) is 23.7 Å². The van der Waals surface area contributed by atoms with E-state index in [-0.39, 0.29) is 24.7 Å². The summed E-state index contributed by atoms with van der Waals surface area (Å²) in [4.78, 5) is 15.9. The zero-order valence-corrected chi connectivity index (χ0v) is 21.9. The molecule has 0 fully saturated rings. The first-order valence-corrected chi connectivity index (χ1v) is 12.9. The van der Waals surface area contributed by atoms with Crippen LogP contribution in [-0.4, -0.2) is 45.5 Å². The molecule has 3 aliphatic heterocycles. The molecule has 0 bridgehead atoms. The number of carbonyl (C=O) groups excluding carboxylic acids is 1. The number of nitrogens with zero attached hydrogens (tertiary/aromatic N) is 1. The topological polar surface area (TPSA) is 78.5 Å². The highest BCUT2D eigenvalue weighted by Crippen LogP contribution is 2.52. The molecule has 38 heavy (non-hydrogen) atoms. The van der Waals surface area contributed by atoms with E-state index >= 15 is 0 Å². The number of carbonyl (C=O) groups is 1. The van der Waals surface area contributed by atoms with E-state index < -0.39 is 0 Å². The van der Waals surface area contributed by atoms with Crippen molar-refractivity contribution in [1.82, 2.24) is 10.2 Å². The highest BCUT2D eigenvalue weighted by molar-refractivity contribution is 5.77. The summed E-state index contributed by atoms with van der Waals surface area (Å²) in [5, 5.41) is 3.13. The zero-order valence-electron chi connectivity index (χ0n) is 21.9. The molecule has 8 nitrogen and oxygen atoms in total. The lowest BCUT2D eigenvalue weighted by Gasteiger charge is -2.46. The quantitative estimate of drug-likeness (QED) is 0.500. The Labute approximate surface area is 222 Å². The molecule has 2 unspecified atom stereocenters. The van der Waals surface area contributed by atoms with Gasteiger partial charge in [0.2, 0.25) is 12.7 Å². The summed E-state index contributed by atoms with van der Waals surface area (Å²) >= 11 is 0. The lowest BCUT2D eigenvalue weighted by Crippen LogP contribution is -2.43. The smallest absolute Gasteiger partial charge is 0.231 e. The third kappa shape index (κ3) is 4.28. The number of methoxy groups -OCH3 is 3. The molecule has 1 N–H and O–H groups in total.